The van der Waals surface area contributed by atoms with Crippen LogP contribution < -0.4 is 10.6 Å². The number of carbonyl (C=O) groups is 1. The minimum absolute atomic E-state index is 0.136. The van der Waals surface area contributed by atoms with Crippen molar-refractivity contribution in [2.24, 2.45) is 0 Å². The second-order valence-electron chi connectivity index (χ2n) is 3.45. The Bertz CT molecular complexity index is 382. The lowest BCUT2D eigenvalue weighted by molar-refractivity contribution is -0.119. The Morgan fingerprint density at radius 1 is 1.38 bits per heavy atom. The number of rotatable bonds is 4. The van der Waals surface area contributed by atoms with Crippen LogP contribution in [0.2, 0.25) is 0 Å². The maximum absolute atomic E-state index is 12.9. The molecule has 1 atom stereocenters. The molecular formula is C11H14F2N2O. The van der Waals surface area contributed by atoms with Gasteiger partial charge in [0.1, 0.15) is 0 Å². The molecule has 2 N–H and O–H groups in total. The molecule has 3 nitrogen and oxygen atoms in total. The molecule has 0 aliphatic carbocycles. The van der Waals surface area contributed by atoms with Crippen molar-refractivity contribution in [2.45, 2.75) is 13.0 Å². The van der Waals surface area contributed by atoms with Gasteiger partial charge in [-0.3, -0.25) is 4.79 Å². The second kappa shape index (κ2) is 5.55. The average Bonchev–Trinajstić information content (AvgIpc) is 2.29. The van der Waals surface area contributed by atoms with Gasteiger partial charge in [-0.1, -0.05) is 6.07 Å². The third-order valence-corrected chi connectivity index (χ3v) is 2.29. The molecule has 0 fully saturated rings. The first-order valence-corrected chi connectivity index (χ1v) is 4.93. The predicted molar refractivity (Wildman–Crippen MR) is 56.8 cm³/mol. The van der Waals surface area contributed by atoms with Crippen LogP contribution in [0.4, 0.5) is 8.78 Å². The maximum Gasteiger partial charge on any atom is 0.233 e. The Balaban J connectivity index is 2.62. The van der Waals surface area contributed by atoms with Gasteiger partial charge in [0.05, 0.1) is 6.54 Å². The molecular weight excluding hydrogens is 214 g/mol. The van der Waals surface area contributed by atoms with Crippen molar-refractivity contribution >= 4 is 5.91 Å². The first-order chi connectivity index (χ1) is 7.54. The number of carbonyl (C=O) groups excluding carboxylic acids is 1. The van der Waals surface area contributed by atoms with Gasteiger partial charge in [0.25, 0.3) is 0 Å². The van der Waals surface area contributed by atoms with E-state index in [1.54, 1.807) is 6.92 Å². The van der Waals surface area contributed by atoms with E-state index in [2.05, 4.69) is 10.6 Å². The molecule has 1 aromatic carbocycles. The van der Waals surface area contributed by atoms with Gasteiger partial charge in [-0.15, -0.1) is 0 Å². The van der Waals surface area contributed by atoms with Crippen molar-refractivity contribution in [3.05, 3.63) is 35.4 Å². The molecule has 1 rings (SSSR count). The van der Waals surface area contributed by atoms with Crippen LogP contribution in [0.5, 0.6) is 0 Å². The molecule has 0 aromatic heterocycles. The van der Waals surface area contributed by atoms with Gasteiger partial charge < -0.3 is 10.6 Å². The van der Waals surface area contributed by atoms with E-state index in [1.165, 1.54) is 13.1 Å². The highest BCUT2D eigenvalue weighted by Crippen LogP contribution is 2.15. The largest absolute Gasteiger partial charge is 0.358 e. The van der Waals surface area contributed by atoms with Crippen molar-refractivity contribution in [1.82, 2.24) is 10.6 Å². The molecule has 0 aliphatic rings. The van der Waals surface area contributed by atoms with Gasteiger partial charge in [-0.05, 0) is 24.6 Å². The van der Waals surface area contributed by atoms with Crippen molar-refractivity contribution < 1.29 is 13.6 Å². The Labute approximate surface area is 92.8 Å². The molecule has 0 aliphatic heterocycles. The summed E-state index contributed by atoms with van der Waals surface area (Å²) in [5.74, 6) is -1.91. The molecule has 16 heavy (non-hydrogen) atoms. The van der Waals surface area contributed by atoms with Crippen LogP contribution in [-0.4, -0.2) is 19.5 Å². The smallest absolute Gasteiger partial charge is 0.233 e. The van der Waals surface area contributed by atoms with E-state index in [0.29, 0.717) is 5.56 Å². The van der Waals surface area contributed by atoms with Crippen molar-refractivity contribution in [3.8, 4) is 0 Å². The Kier molecular flexibility index (Phi) is 4.37. The monoisotopic (exact) mass is 228 g/mol. The summed E-state index contributed by atoms with van der Waals surface area (Å²) in [5, 5.41) is 5.35. The first-order valence-electron chi connectivity index (χ1n) is 4.93. The van der Waals surface area contributed by atoms with Crippen LogP contribution in [0.1, 0.15) is 18.5 Å². The Hall–Kier alpha value is -1.49. The molecule has 0 spiro atoms. The molecule has 0 saturated carbocycles. The summed E-state index contributed by atoms with van der Waals surface area (Å²) in [6.45, 7) is 1.91. The number of hydrogen-bond acceptors (Lipinski definition) is 2. The fourth-order valence-electron chi connectivity index (χ4n) is 1.23. The highest BCUT2D eigenvalue weighted by Gasteiger charge is 2.09. The third-order valence-electron chi connectivity index (χ3n) is 2.29. The Morgan fingerprint density at radius 3 is 2.62 bits per heavy atom. The van der Waals surface area contributed by atoms with Gasteiger partial charge in [0, 0.05) is 13.1 Å². The van der Waals surface area contributed by atoms with Gasteiger partial charge in [0.15, 0.2) is 11.6 Å². The molecule has 0 bridgehead atoms. The summed E-state index contributed by atoms with van der Waals surface area (Å²) in [4.78, 5) is 11.0. The summed E-state index contributed by atoms with van der Waals surface area (Å²) in [5.41, 5.74) is 0.600. The summed E-state index contributed by atoms with van der Waals surface area (Å²) in [6, 6.07) is 3.46. The number of halogens is 2. The van der Waals surface area contributed by atoms with Crippen LogP contribution in [0.3, 0.4) is 0 Å². The van der Waals surface area contributed by atoms with Gasteiger partial charge in [-0.25, -0.2) is 8.78 Å². The van der Waals surface area contributed by atoms with Crippen LogP contribution >= 0.6 is 0 Å². The van der Waals surface area contributed by atoms with E-state index in [4.69, 9.17) is 0 Å². The zero-order valence-electron chi connectivity index (χ0n) is 9.18. The van der Waals surface area contributed by atoms with Crippen LogP contribution in [-0.2, 0) is 4.79 Å². The quantitative estimate of drug-likeness (QED) is 0.817. The van der Waals surface area contributed by atoms with Crippen molar-refractivity contribution in [3.63, 3.8) is 0 Å². The fraction of sp³-hybridized carbons (Fsp3) is 0.364. The first kappa shape index (κ1) is 12.6. The number of likely N-dealkylation sites (N-methyl/N-ethyl adjacent to an activating group) is 1. The van der Waals surface area contributed by atoms with Gasteiger partial charge in [0.2, 0.25) is 5.91 Å². The van der Waals surface area contributed by atoms with Crippen molar-refractivity contribution in [1.29, 1.82) is 0 Å². The molecule has 1 unspecified atom stereocenters. The summed E-state index contributed by atoms with van der Waals surface area (Å²) in [7, 11) is 1.53. The number of nitrogens with one attached hydrogen (secondary N) is 2. The molecule has 1 aromatic rings. The van der Waals surface area contributed by atoms with Gasteiger partial charge >= 0.3 is 0 Å². The lowest BCUT2D eigenvalue weighted by Gasteiger charge is -2.13. The van der Waals surface area contributed by atoms with Crippen LogP contribution in [0.15, 0.2) is 18.2 Å². The predicted octanol–water partition coefficient (Wildman–Crippen LogP) is 1.36. The Morgan fingerprint density at radius 2 is 2.06 bits per heavy atom. The molecule has 1 amide bonds. The number of amides is 1. The topological polar surface area (TPSA) is 41.1 Å². The minimum Gasteiger partial charge on any atom is -0.358 e. The average molecular weight is 228 g/mol. The summed E-state index contributed by atoms with van der Waals surface area (Å²) in [6.07, 6.45) is 0. The lowest BCUT2D eigenvalue weighted by atomic mass is 10.1. The van der Waals surface area contributed by atoms with E-state index in [-0.39, 0.29) is 18.5 Å². The van der Waals surface area contributed by atoms with E-state index < -0.39 is 11.6 Å². The molecule has 0 heterocycles. The standard InChI is InChI=1S/C11H14F2N2O/c1-7(15-6-11(16)14-2)8-3-4-9(12)10(13)5-8/h3-5,7,15H,6H2,1-2H3,(H,14,16). The zero-order valence-corrected chi connectivity index (χ0v) is 9.18. The SMILES string of the molecule is CNC(=O)CNC(C)c1ccc(F)c(F)c1. The second-order valence-corrected chi connectivity index (χ2v) is 3.45. The van der Waals surface area contributed by atoms with Gasteiger partial charge in [-0.2, -0.15) is 0 Å². The molecule has 5 heteroatoms. The van der Waals surface area contributed by atoms with E-state index in [0.717, 1.165) is 12.1 Å². The minimum atomic E-state index is -0.883. The molecule has 0 radical (unpaired) electrons. The lowest BCUT2D eigenvalue weighted by Crippen LogP contribution is -2.32. The normalized spacial score (nSPS) is 12.2. The van der Waals surface area contributed by atoms with Crippen molar-refractivity contribution in [2.75, 3.05) is 13.6 Å². The highest BCUT2D eigenvalue weighted by molar-refractivity contribution is 5.77. The maximum atomic E-state index is 12.9. The molecule has 88 valence electrons. The summed E-state index contributed by atoms with van der Waals surface area (Å²) >= 11 is 0. The third kappa shape index (κ3) is 3.27. The summed E-state index contributed by atoms with van der Waals surface area (Å²) < 4.78 is 25.6. The fourth-order valence-corrected chi connectivity index (χ4v) is 1.23. The number of hydrogen-bond donors (Lipinski definition) is 2. The van der Waals surface area contributed by atoms with E-state index in [9.17, 15) is 13.6 Å². The number of benzene rings is 1. The van der Waals surface area contributed by atoms with E-state index >= 15 is 0 Å². The zero-order chi connectivity index (χ0) is 12.1. The highest BCUT2D eigenvalue weighted by atomic mass is 19.2. The molecule has 0 saturated heterocycles. The van der Waals surface area contributed by atoms with Crippen LogP contribution in [0.25, 0.3) is 0 Å². The van der Waals surface area contributed by atoms with E-state index in [1.807, 2.05) is 0 Å². The van der Waals surface area contributed by atoms with Crippen LogP contribution in [0, 0.1) is 11.6 Å².